The Morgan fingerprint density at radius 3 is 2.15 bits per heavy atom. The van der Waals surface area contributed by atoms with Crippen molar-refractivity contribution in [2.45, 2.75) is 63.9 Å². The molecular weight excluding hydrogens is 272 g/mol. The van der Waals surface area contributed by atoms with Gasteiger partial charge in [0.15, 0.2) is 0 Å². The van der Waals surface area contributed by atoms with Crippen LogP contribution >= 0.6 is 0 Å². The van der Waals surface area contributed by atoms with Crippen LogP contribution in [0.15, 0.2) is 23.1 Å². The minimum absolute atomic E-state index is 0.333. The summed E-state index contributed by atoms with van der Waals surface area (Å²) >= 11 is 0. The van der Waals surface area contributed by atoms with E-state index in [1.807, 2.05) is 33.8 Å². The van der Waals surface area contributed by atoms with Crippen molar-refractivity contribution in [1.29, 1.82) is 0 Å². The molecular formula is C15H26N2O2S. The topological polar surface area (TPSA) is 72.2 Å². The van der Waals surface area contributed by atoms with E-state index in [1.165, 1.54) is 0 Å². The summed E-state index contributed by atoms with van der Waals surface area (Å²) < 4.78 is 28.2. The van der Waals surface area contributed by atoms with E-state index in [-0.39, 0.29) is 5.54 Å². The predicted molar refractivity (Wildman–Crippen MR) is 83.0 cm³/mol. The molecule has 0 radical (unpaired) electrons. The maximum atomic E-state index is 12.7. The maximum absolute atomic E-state index is 12.7. The van der Waals surface area contributed by atoms with Crippen LogP contribution in [0.3, 0.4) is 0 Å². The molecule has 0 aliphatic heterocycles. The van der Waals surface area contributed by atoms with Gasteiger partial charge in [0, 0.05) is 12.1 Å². The number of sulfonamides is 1. The molecule has 0 fully saturated rings. The van der Waals surface area contributed by atoms with E-state index in [1.54, 1.807) is 12.1 Å². The fourth-order valence-electron chi connectivity index (χ4n) is 2.48. The minimum Gasteiger partial charge on any atom is -0.326 e. The number of nitrogens with two attached hydrogens (primary N) is 1. The van der Waals surface area contributed by atoms with E-state index in [2.05, 4.69) is 4.72 Å². The Kier molecular flexibility index (Phi) is 5.74. The molecule has 0 amide bonds. The molecule has 0 atom stereocenters. The highest BCUT2D eigenvalue weighted by atomic mass is 32.2. The van der Waals surface area contributed by atoms with E-state index in [0.717, 1.165) is 30.4 Å². The molecule has 3 N–H and O–H groups in total. The molecule has 0 aliphatic rings. The van der Waals surface area contributed by atoms with Crippen LogP contribution in [-0.2, 0) is 16.6 Å². The van der Waals surface area contributed by atoms with Gasteiger partial charge in [0.1, 0.15) is 0 Å². The highest BCUT2D eigenvalue weighted by Gasteiger charge is 2.31. The average Bonchev–Trinajstić information content (AvgIpc) is 2.45. The highest BCUT2D eigenvalue weighted by Crippen LogP contribution is 2.25. The van der Waals surface area contributed by atoms with Crippen LogP contribution in [0.25, 0.3) is 0 Å². The van der Waals surface area contributed by atoms with Crippen LogP contribution in [0.1, 0.15) is 51.2 Å². The monoisotopic (exact) mass is 298 g/mol. The van der Waals surface area contributed by atoms with E-state index < -0.39 is 10.0 Å². The molecule has 5 heteroatoms. The van der Waals surface area contributed by atoms with Gasteiger partial charge in [0.05, 0.1) is 4.90 Å². The number of hydrogen-bond acceptors (Lipinski definition) is 3. The summed E-state index contributed by atoms with van der Waals surface area (Å²) in [5.74, 6) is 0. The van der Waals surface area contributed by atoms with Gasteiger partial charge in [-0.05, 0) is 43.4 Å². The molecule has 0 aliphatic carbocycles. The minimum atomic E-state index is -3.52. The Bertz CT molecular complexity index is 541. The second-order valence-corrected chi connectivity index (χ2v) is 6.84. The zero-order valence-electron chi connectivity index (χ0n) is 12.9. The number of benzene rings is 1. The van der Waals surface area contributed by atoms with E-state index in [0.29, 0.717) is 11.4 Å². The second-order valence-electron chi connectivity index (χ2n) is 5.19. The van der Waals surface area contributed by atoms with E-state index in [4.69, 9.17) is 5.73 Å². The van der Waals surface area contributed by atoms with Gasteiger partial charge in [-0.3, -0.25) is 0 Å². The van der Waals surface area contributed by atoms with Crippen LogP contribution in [0.4, 0.5) is 0 Å². The zero-order valence-corrected chi connectivity index (χ0v) is 13.7. The number of nitrogens with one attached hydrogen (secondary N) is 1. The van der Waals surface area contributed by atoms with Crippen molar-refractivity contribution in [3.05, 3.63) is 29.3 Å². The number of hydrogen-bond donors (Lipinski definition) is 2. The SMILES string of the molecule is CCC(CC)(CC)NS(=O)(=O)c1cccc(CN)c1C. The number of rotatable bonds is 7. The van der Waals surface area contributed by atoms with Crippen molar-refractivity contribution in [1.82, 2.24) is 4.72 Å². The molecule has 4 nitrogen and oxygen atoms in total. The van der Waals surface area contributed by atoms with Crippen molar-refractivity contribution < 1.29 is 8.42 Å². The Morgan fingerprint density at radius 1 is 1.15 bits per heavy atom. The zero-order chi connectivity index (χ0) is 15.4. The summed E-state index contributed by atoms with van der Waals surface area (Å²) in [5, 5.41) is 0. The smallest absolute Gasteiger partial charge is 0.241 e. The summed E-state index contributed by atoms with van der Waals surface area (Å²) in [7, 11) is -3.52. The third-order valence-corrected chi connectivity index (χ3v) is 6.01. The van der Waals surface area contributed by atoms with E-state index >= 15 is 0 Å². The Hall–Kier alpha value is -0.910. The lowest BCUT2D eigenvalue weighted by atomic mass is 9.91. The fraction of sp³-hybridized carbons (Fsp3) is 0.600. The van der Waals surface area contributed by atoms with Gasteiger partial charge < -0.3 is 5.73 Å². The summed E-state index contributed by atoms with van der Waals surface area (Å²) in [6, 6.07) is 5.25. The molecule has 0 saturated heterocycles. The largest absolute Gasteiger partial charge is 0.326 e. The third kappa shape index (κ3) is 3.40. The molecule has 1 aromatic carbocycles. The molecule has 20 heavy (non-hydrogen) atoms. The molecule has 1 aromatic rings. The normalized spacial score (nSPS) is 12.7. The molecule has 0 saturated carbocycles. The summed E-state index contributed by atoms with van der Waals surface area (Å²) in [6.07, 6.45) is 2.32. The third-order valence-electron chi connectivity index (χ3n) is 4.29. The summed E-state index contributed by atoms with van der Waals surface area (Å²) in [5.41, 5.74) is 6.88. The molecule has 0 aromatic heterocycles. The molecule has 0 heterocycles. The Labute approximate surface area is 122 Å². The molecule has 0 bridgehead atoms. The Morgan fingerprint density at radius 2 is 1.70 bits per heavy atom. The fourth-order valence-corrected chi connectivity index (χ4v) is 4.38. The quantitative estimate of drug-likeness (QED) is 0.813. The lowest BCUT2D eigenvalue weighted by molar-refractivity contribution is 0.341. The predicted octanol–water partition coefficient (Wildman–Crippen LogP) is 2.70. The molecule has 114 valence electrons. The first-order chi connectivity index (χ1) is 9.35. The average molecular weight is 298 g/mol. The van der Waals surface area contributed by atoms with Crippen LogP contribution in [0, 0.1) is 6.92 Å². The molecule has 1 rings (SSSR count). The van der Waals surface area contributed by atoms with Crippen LogP contribution < -0.4 is 10.5 Å². The van der Waals surface area contributed by atoms with Crippen LogP contribution in [0.5, 0.6) is 0 Å². The van der Waals surface area contributed by atoms with E-state index in [9.17, 15) is 8.42 Å². The van der Waals surface area contributed by atoms with Gasteiger partial charge in [-0.25, -0.2) is 13.1 Å². The van der Waals surface area contributed by atoms with Crippen LogP contribution in [-0.4, -0.2) is 14.0 Å². The lowest BCUT2D eigenvalue weighted by Crippen LogP contribution is -2.47. The molecule has 0 spiro atoms. The standard InChI is InChI=1S/C15H26N2O2S/c1-5-15(6-2,7-3)17-20(18,19)14-10-8-9-13(11-16)12(14)4/h8-10,17H,5-7,11,16H2,1-4H3. The van der Waals surface area contributed by atoms with Gasteiger partial charge in [0.25, 0.3) is 0 Å². The van der Waals surface area contributed by atoms with Crippen molar-refractivity contribution >= 4 is 10.0 Å². The molecule has 0 unspecified atom stereocenters. The van der Waals surface area contributed by atoms with Gasteiger partial charge in [0.2, 0.25) is 10.0 Å². The van der Waals surface area contributed by atoms with Gasteiger partial charge >= 0.3 is 0 Å². The summed E-state index contributed by atoms with van der Waals surface area (Å²) in [4.78, 5) is 0.333. The van der Waals surface area contributed by atoms with Crippen molar-refractivity contribution in [2.75, 3.05) is 0 Å². The highest BCUT2D eigenvalue weighted by molar-refractivity contribution is 7.89. The first-order valence-electron chi connectivity index (χ1n) is 7.18. The second kappa shape index (κ2) is 6.70. The van der Waals surface area contributed by atoms with Gasteiger partial charge in [-0.15, -0.1) is 0 Å². The van der Waals surface area contributed by atoms with Crippen molar-refractivity contribution in [2.24, 2.45) is 5.73 Å². The van der Waals surface area contributed by atoms with Crippen molar-refractivity contribution in [3.8, 4) is 0 Å². The van der Waals surface area contributed by atoms with Crippen LogP contribution in [0.2, 0.25) is 0 Å². The first-order valence-corrected chi connectivity index (χ1v) is 8.66. The summed E-state index contributed by atoms with van der Waals surface area (Å²) in [6.45, 7) is 8.19. The lowest BCUT2D eigenvalue weighted by Gasteiger charge is -2.31. The van der Waals surface area contributed by atoms with Gasteiger partial charge in [-0.1, -0.05) is 32.9 Å². The van der Waals surface area contributed by atoms with Gasteiger partial charge in [-0.2, -0.15) is 0 Å². The maximum Gasteiger partial charge on any atom is 0.241 e. The Balaban J connectivity index is 3.24. The van der Waals surface area contributed by atoms with Crippen molar-refractivity contribution in [3.63, 3.8) is 0 Å². The first kappa shape index (κ1) is 17.1.